The summed E-state index contributed by atoms with van der Waals surface area (Å²) in [5, 5.41) is 3.21. The number of ketones is 1. The summed E-state index contributed by atoms with van der Waals surface area (Å²) < 4.78 is 28.2. The van der Waals surface area contributed by atoms with Crippen molar-refractivity contribution in [3.63, 3.8) is 0 Å². The molecule has 1 aromatic heterocycles. The third-order valence-electron chi connectivity index (χ3n) is 5.56. The van der Waals surface area contributed by atoms with Crippen molar-refractivity contribution in [1.29, 1.82) is 0 Å². The average molecular weight is 534 g/mol. The molecule has 32 heavy (non-hydrogen) atoms. The lowest BCUT2D eigenvalue weighted by Gasteiger charge is -2.10. The number of carbonyl (C=O) groups excluding carboxylic acids is 1. The predicted octanol–water partition coefficient (Wildman–Crippen LogP) is 5.69. The second-order valence-electron chi connectivity index (χ2n) is 7.74. The van der Waals surface area contributed by atoms with Crippen LogP contribution in [0.15, 0.2) is 59.1 Å². The van der Waals surface area contributed by atoms with Gasteiger partial charge in [0.05, 0.1) is 22.4 Å². The summed E-state index contributed by atoms with van der Waals surface area (Å²) in [7, 11) is -3.25. The van der Waals surface area contributed by atoms with Crippen molar-refractivity contribution in [3.05, 3.63) is 80.9 Å². The van der Waals surface area contributed by atoms with Gasteiger partial charge in [0.2, 0.25) is 10.0 Å². The van der Waals surface area contributed by atoms with E-state index < -0.39 is 10.0 Å². The van der Waals surface area contributed by atoms with Gasteiger partial charge in [-0.15, -0.1) is 0 Å². The molecular formula is C24H22BrClN2O3S. The first-order chi connectivity index (χ1) is 15.2. The Hall–Kier alpha value is -2.19. The van der Waals surface area contributed by atoms with Crippen LogP contribution in [-0.2, 0) is 16.6 Å². The third kappa shape index (κ3) is 4.35. The van der Waals surface area contributed by atoms with Gasteiger partial charge in [0, 0.05) is 34.2 Å². The largest absolute Gasteiger partial charge is 0.343 e. The number of rotatable bonds is 7. The number of aromatic nitrogens is 1. The topological polar surface area (TPSA) is 68.2 Å². The zero-order valence-electron chi connectivity index (χ0n) is 17.7. The lowest BCUT2D eigenvalue weighted by molar-refractivity contribution is 0.104. The molecule has 0 radical (unpaired) electrons. The second-order valence-corrected chi connectivity index (χ2v) is 10.8. The van der Waals surface area contributed by atoms with Gasteiger partial charge in [0.25, 0.3) is 0 Å². The molecule has 0 aliphatic rings. The number of halogens is 2. The highest BCUT2D eigenvalue weighted by Crippen LogP contribution is 2.35. The number of hydrogen-bond acceptors (Lipinski definition) is 3. The Morgan fingerprint density at radius 1 is 1.03 bits per heavy atom. The summed E-state index contributed by atoms with van der Waals surface area (Å²) in [6, 6.07) is 17.1. The maximum atomic E-state index is 13.8. The molecule has 8 heteroatoms. The fraction of sp³-hybridized carbons (Fsp3) is 0.208. The molecule has 4 aromatic rings. The minimum absolute atomic E-state index is 0.0634. The van der Waals surface area contributed by atoms with Crippen LogP contribution in [0.1, 0.15) is 28.0 Å². The number of para-hydroxylation sites is 1. The number of hydrogen-bond donors (Lipinski definition) is 1. The number of nitrogens with zero attached hydrogens (tertiary/aromatic N) is 1. The van der Waals surface area contributed by atoms with Crippen LogP contribution in [0.4, 0.5) is 0 Å². The van der Waals surface area contributed by atoms with Crippen LogP contribution in [0.3, 0.4) is 0 Å². The Morgan fingerprint density at radius 2 is 1.72 bits per heavy atom. The minimum Gasteiger partial charge on any atom is -0.343 e. The summed E-state index contributed by atoms with van der Waals surface area (Å²) in [4.78, 5) is 13.8. The molecule has 0 unspecified atom stereocenters. The molecular weight excluding hydrogens is 512 g/mol. The van der Waals surface area contributed by atoms with Gasteiger partial charge >= 0.3 is 0 Å². The molecule has 3 aromatic carbocycles. The zero-order valence-corrected chi connectivity index (χ0v) is 20.8. The van der Waals surface area contributed by atoms with E-state index in [1.807, 2.05) is 60.0 Å². The third-order valence-corrected chi connectivity index (χ3v) is 7.28. The second kappa shape index (κ2) is 8.98. The molecule has 0 aliphatic carbocycles. The summed E-state index contributed by atoms with van der Waals surface area (Å²) in [5.41, 5.74) is 2.84. The van der Waals surface area contributed by atoms with Gasteiger partial charge < -0.3 is 4.57 Å². The molecule has 0 amide bonds. The molecule has 0 saturated carbocycles. The van der Waals surface area contributed by atoms with Crippen LogP contribution in [0.2, 0.25) is 5.02 Å². The van der Waals surface area contributed by atoms with Crippen LogP contribution in [0.25, 0.3) is 21.7 Å². The van der Waals surface area contributed by atoms with Gasteiger partial charge in [-0.25, -0.2) is 13.1 Å². The minimum atomic E-state index is -3.25. The van der Waals surface area contributed by atoms with Crippen LogP contribution in [0.5, 0.6) is 0 Å². The Bertz CT molecular complexity index is 1460. The molecule has 1 N–H and O–H groups in total. The summed E-state index contributed by atoms with van der Waals surface area (Å²) in [5.74, 6) is -0.0634. The van der Waals surface area contributed by atoms with Crippen LogP contribution < -0.4 is 4.72 Å². The molecule has 0 saturated heterocycles. The number of benzene rings is 3. The normalized spacial score (nSPS) is 12.0. The first kappa shape index (κ1) is 23.0. The van der Waals surface area contributed by atoms with E-state index in [1.165, 1.54) is 0 Å². The molecule has 5 nitrogen and oxygen atoms in total. The summed E-state index contributed by atoms with van der Waals surface area (Å²) in [6.07, 6.45) is 1.71. The first-order valence-corrected chi connectivity index (χ1v) is 13.2. The van der Waals surface area contributed by atoms with Crippen molar-refractivity contribution < 1.29 is 13.2 Å². The quantitative estimate of drug-likeness (QED) is 0.245. The SMILES string of the molecule is Cc1c(C(=O)c2ccc(Br)c3ccccc23)c2cccc(Cl)c2n1CCCNS(C)(=O)=O. The Kier molecular flexibility index (Phi) is 6.45. The van der Waals surface area contributed by atoms with Crippen LogP contribution in [0, 0.1) is 6.92 Å². The van der Waals surface area contributed by atoms with Crippen molar-refractivity contribution >= 4 is 65.0 Å². The number of nitrogens with one attached hydrogen (secondary N) is 1. The molecule has 1 heterocycles. The Labute approximate surface area is 200 Å². The maximum absolute atomic E-state index is 13.8. The highest BCUT2D eigenvalue weighted by Gasteiger charge is 2.24. The van der Waals surface area contributed by atoms with Crippen molar-refractivity contribution in [2.75, 3.05) is 12.8 Å². The van der Waals surface area contributed by atoms with Gasteiger partial charge in [-0.05, 0) is 42.3 Å². The number of sulfonamides is 1. The molecule has 0 fully saturated rings. The molecule has 0 bridgehead atoms. The van der Waals surface area contributed by atoms with E-state index in [2.05, 4.69) is 20.7 Å². The van der Waals surface area contributed by atoms with Crippen molar-refractivity contribution in [2.45, 2.75) is 19.9 Å². The molecule has 166 valence electrons. The van der Waals surface area contributed by atoms with E-state index in [4.69, 9.17) is 11.6 Å². The van der Waals surface area contributed by atoms with Crippen molar-refractivity contribution in [2.24, 2.45) is 0 Å². The average Bonchev–Trinajstić information content (AvgIpc) is 3.03. The lowest BCUT2D eigenvalue weighted by atomic mass is 9.95. The van der Waals surface area contributed by atoms with Gasteiger partial charge in [0.1, 0.15) is 0 Å². The van der Waals surface area contributed by atoms with E-state index in [0.717, 1.165) is 38.1 Å². The van der Waals surface area contributed by atoms with E-state index >= 15 is 0 Å². The van der Waals surface area contributed by atoms with Gasteiger partial charge in [0.15, 0.2) is 5.78 Å². The van der Waals surface area contributed by atoms with Gasteiger partial charge in [-0.3, -0.25) is 4.79 Å². The molecule has 0 aliphatic heterocycles. The lowest BCUT2D eigenvalue weighted by Crippen LogP contribution is -2.24. The van der Waals surface area contributed by atoms with Gasteiger partial charge in [-0.2, -0.15) is 0 Å². The van der Waals surface area contributed by atoms with Crippen LogP contribution in [-0.4, -0.2) is 31.6 Å². The van der Waals surface area contributed by atoms with E-state index in [0.29, 0.717) is 35.7 Å². The molecule has 4 rings (SSSR count). The zero-order chi connectivity index (χ0) is 23.0. The Balaban J connectivity index is 1.82. The smallest absolute Gasteiger partial charge is 0.208 e. The summed E-state index contributed by atoms with van der Waals surface area (Å²) in [6.45, 7) is 2.75. The molecule has 0 atom stereocenters. The van der Waals surface area contributed by atoms with Gasteiger partial charge in [-0.1, -0.05) is 63.9 Å². The monoisotopic (exact) mass is 532 g/mol. The van der Waals surface area contributed by atoms with Crippen molar-refractivity contribution in [3.8, 4) is 0 Å². The standard InChI is InChI=1S/C24H22BrClN2O3S/c1-15-22(24(29)18-11-12-20(25)17-8-4-3-7-16(17)18)19-9-5-10-21(26)23(19)28(15)14-6-13-27-32(2,30)31/h3-5,7-12,27H,6,13-14H2,1-2H3. The number of aryl methyl sites for hydroxylation is 1. The Morgan fingerprint density at radius 3 is 2.44 bits per heavy atom. The van der Waals surface area contributed by atoms with E-state index in [1.54, 1.807) is 6.07 Å². The number of fused-ring (bicyclic) bond motifs is 2. The van der Waals surface area contributed by atoms with Crippen molar-refractivity contribution in [1.82, 2.24) is 9.29 Å². The first-order valence-electron chi connectivity index (χ1n) is 10.1. The number of carbonyl (C=O) groups is 1. The predicted molar refractivity (Wildman–Crippen MR) is 134 cm³/mol. The van der Waals surface area contributed by atoms with Crippen LogP contribution >= 0.6 is 27.5 Å². The highest BCUT2D eigenvalue weighted by atomic mass is 79.9. The summed E-state index contributed by atoms with van der Waals surface area (Å²) >= 11 is 10.1. The van der Waals surface area contributed by atoms with E-state index in [9.17, 15) is 13.2 Å². The highest BCUT2D eigenvalue weighted by molar-refractivity contribution is 9.10. The fourth-order valence-corrected chi connectivity index (χ4v) is 5.41. The fourth-order valence-electron chi connectivity index (χ4n) is 4.14. The van der Waals surface area contributed by atoms with E-state index in [-0.39, 0.29) is 5.78 Å². The maximum Gasteiger partial charge on any atom is 0.208 e. The molecule has 0 spiro atoms.